The number of aliphatic hydroxyl groups is 5. The Labute approximate surface area is 307 Å². The van der Waals surface area contributed by atoms with Crippen LogP contribution in [0.5, 0.6) is 0 Å². The molecule has 0 aromatic heterocycles. The Balaban J connectivity index is 2.70. The van der Waals surface area contributed by atoms with Gasteiger partial charge in [0, 0.05) is 0 Å². The molecule has 13 nitrogen and oxygen atoms in total. The third-order valence-electron chi connectivity index (χ3n) is 9.43. The molecule has 1 fully saturated rings. The van der Waals surface area contributed by atoms with Gasteiger partial charge in [-0.2, -0.15) is 8.42 Å². The van der Waals surface area contributed by atoms with Crippen LogP contribution in [0.25, 0.3) is 0 Å². The highest BCUT2D eigenvalue weighted by atomic mass is 32.3. The van der Waals surface area contributed by atoms with Crippen LogP contribution in [0.2, 0.25) is 0 Å². The number of carbonyl (C=O) groups is 1. The summed E-state index contributed by atoms with van der Waals surface area (Å²) < 4.78 is 47.2. The van der Waals surface area contributed by atoms with E-state index in [4.69, 9.17) is 14.0 Å². The minimum Gasteiger partial charge on any atom is -0.394 e. The average molecular weight is 754 g/mol. The number of aliphatic hydroxyl groups excluding tert-OH is 5. The number of amides is 1. The maximum atomic E-state index is 13.0. The minimum absolute atomic E-state index is 0.246. The number of hydrogen-bond acceptors (Lipinski definition) is 11. The Bertz CT molecular complexity index is 1000. The van der Waals surface area contributed by atoms with Gasteiger partial charge in [0.05, 0.1) is 25.4 Å². The summed E-state index contributed by atoms with van der Waals surface area (Å²) in [6, 6.07) is -1.11. The van der Waals surface area contributed by atoms with Gasteiger partial charge in [-0.05, 0) is 19.3 Å². The van der Waals surface area contributed by atoms with Crippen LogP contribution in [0, 0.1) is 0 Å². The molecule has 0 aromatic carbocycles. The van der Waals surface area contributed by atoms with Crippen LogP contribution in [0.3, 0.4) is 0 Å². The molecule has 1 aliphatic heterocycles. The number of hydrogen-bond donors (Lipinski definition) is 7. The molecular formula is C37H71NO12S. The normalized spacial score (nSPS) is 23.0. The smallest absolute Gasteiger partial charge is 0.394 e. The average Bonchev–Trinajstić information content (AvgIpc) is 3.09. The van der Waals surface area contributed by atoms with Gasteiger partial charge in [0.2, 0.25) is 5.91 Å². The summed E-state index contributed by atoms with van der Waals surface area (Å²) in [5.74, 6) is -0.705. The molecule has 0 aromatic rings. The summed E-state index contributed by atoms with van der Waals surface area (Å²) in [6.07, 6.45) is 16.0. The molecule has 1 aliphatic rings. The van der Waals surface area contributed by atoms with Gasteiger partial charge in [-0.15, -0.1) is 0 Å². The highest BCUT2D eigenvalue weighted by Crippen LogP contribution is 2.26. The second-order valence-corrected chi connectivity index (χ2v) is 15.1. The van der Waals surface area contributed by atoms with Crippen molar-refractivity contribution >= 4 is 16.3 Å². The second-order valence-electron chi connectivity index (χ2n) is 14.0. The monoisotopic (exact) mass is 753 g/mol. The standard InChI is InChI=1S/C37H71NO12S/c1-3-5-7-9-11-13-15-16-18-20-22-24-26-31(41)36(44)38-29(30(40)25-23-21-19-17-14-12-10-8-6-4-2)28-48-37-34(43)35(50-51(45,46)47)33(42)32(27-39)49-37/h23,25,29-35,37,39-43H,3-22,24,26-28H2,1-2H3,(H,38,44)(H,45,46,47)/b25-23+. The topological polar surface area (TPSA) is 212 Å². The molecule has 7 N–H and O–H groups in total. The quantitative estimate of drug-likeness (QED) is 0.0274. The number of rotatable bonds is 32. The van der Waals surface area contributed by atoms with E-state index in [9.17, 15) is 38.7 Å². The summed E-state index contributed by atoms with van der Waals surface area (Å²) in [7, 11) is -5.11. The first-order valence-corrected chi connectivity index (χ1v) is 21.0. The molecule has 0 saturated carbocycles. The molecular weight excluding hydrogens is 682 g/mol. The van der Waals surface area contributed by atoms with E-state index in [1.54, 1.807) is 0 Å². The van der Waals surface area contributed by atoms with Crippen LogP contribution in [0.4, 0.5) is 0 Å². The van der Waals surface area contributed by atoms with E-state index in [1.807, 2.05) is 6.08 Å². The summed E-state index contributed by atoms with van der Waals surface area (Å²) in [4.78, 5) is 13.0. The number of unbranched alkanes of at least 4 members (excludes halogenated alkanes) is 19. The molecule has 0 aliphatic carbocycles. The highest BCUT2D eigenvalue weighted by Gasteiger charge is 2.48. The van der Waals surface area contributed by atoms with Crippen molar-refractivity contribution in [3.05, 3.63) is 12.2 Å². The predicted molar refractivity (Wildman–Crippen MR) is 196 cm³/mol. The molecule has 0 radical (unpaired) electrons. The maximum absolute atomic E-state index is 13.0. The molecule has 51 heavy (non-hydrogen) atoms. The molecule has 302 valence electrons. The zero-order valence-corrected chi connectivity index (χ0v) is 32.1. The Morgan fingerprint density at radius 3 is 1.76 bits per heavy atom. The minimum atomic E-state index is -5.11. The molecule has 1 amide bonds. The van der Waals surface area contributed by atoms with E-state index in [-0.39, 0.29) is 6.42 Å². The molecule has 1 heterocycles. The van der Waals surface area contributed by atoms with Crippen molar-refractivity contribution in [2.24, 2.45) is 0 Å². The largest absolute Gasteiger partial charge is 0.397 e. The summed E-state index contributed by atoms with van der Waals surface area (Å²) >= 11 is 0. The van der Waals surface area contributed by atoms with Gasteiger partial charge < -0.3 is 40.3 Å². The first-order valence-electron chi connectivity index (χ1n) is 19.7. The molecule has 0 spiro atoms. The van der Waals surface area contributed by atoms with E-state index < -0.39 is 78.5 Å². The fraction of sp³-hybridized carbons (Fsp3) is 0.919. The lowest BCUT2D eigenvalue weighted by atomic mass is 9.99. The number of allylic oxidation sites excluding steroid dienone is 1. The molecule has 1 rings (SSSR count). The van der Waals surface area contributed by atoms with Gasteiger partial charge in [0.15, 0.2) is 6.29 Å². The summed E-state index contributed by atoms with van der Waals surface area (Å²) in [6.45, 7) is 3.15. The van der Waals surface area contributed by atoms with Crippen molar-refractivity contribution in [1.82, 2.24) is 5.32 Å². The molecule has 8 unspecified atom stereocenters. The first-order chi connectivity index (χ1) is 24.4. The lowest BCUT2D eigenvalue weighted by molar-refractivity contribution is -0.298. The van der Waals surface area contributed by atoms with Gasteiger partial charge in [0.25, 0.3) is 0 Å². The third-order valence-corrected chi connectivity index (χ3v) is 9.89. The van der Waals surface area contributed by atoms with Crippen LogP contribution < -0.4 is 5.32 Å². The SMILES string of the molecule is CCCCCCCCCC/C=C/C(O)C(COC1OC(CO)C(O)C(OS(=O)(=O)O)C1O)NC(=O)C(O)CCCCCCCCCCCCCC. The maximum Gasteiger partial charge on any atom is 0.397 e. The van der Waals surface area contributed by atoms with E-state index in [2.05, 4.69) is 23.3 Å². The fourth-order valence-corrected chi connectivity index (χ4v) is 6.73. The number of carbonyl (C=O) groups excluding carboxylic acids is 1. The number of nitrogens with one attached hydrogen (secondary N) is 1. The molecule has 0 bridgehead atoms. The zero-order chi connectivity index (χ0) is 37.9. The second kappa shape index (κ2) is 29.2. The van der Waals surface area contributed by atoms with E-state index in [0.29, 0.717) is 12.8 Å². The van der Waals surface area contributed by atoms with Crippen molar-refractivity contribution in [2.75, 3.05) is 13.2 Å². The van der Waals surface area contributed by atoms with Crippen LogP contribution in [0.15, 0.2) is 12.2 Å². The van der Waals surface area contributed by atoms with Crippen molar-refractivity contribution in [3.8, 4) is 0 Å². The van der Waals surface area contributed by atoms with E-state index in [1.165, 1.54) is 89.5 Å². The summed E-state index contributed by atoms with van der Waals surface area (Å²) in [5.41, 5.74) is 0. The Morgan fingerprint density at radius 2 is 1.27 bits per heavy atom. The molecule has 14 heteroatoms. The van der Waals surface area contributed by atoms with Crippen molar-refractivity contribution in [1.29, 1.82) is 0 Å². The van der Waals surface area contributed by atoms with Crippen LogP contribution >= 0.6 is 0 Å². The fourth-order valence-electron chi connectivity index (χ4n) is 6.22. The molecule has 1 saturated heterocycles. The lowest BCUT2D eigenvalue weighted by Crippen LogP contribution is -2.61. The van der Waals surface area contributed by atoms with E-state index >= 15 is 0 Å². The zero-order valence-electron chi connectivity index (χ0n) is 31.3. The molecule has 8 atom stereocenters. The van der Waals surface area contributed by atoms with Crippen LogP contribution in [0.1, 0.15) is 155 Å². The third kappa shape index (κ3) is 22.6. The van der Waals surface area contributed by atoms with Gasteiger partial charge >= 0.3 is 10.4 Å². The Hall–Kier alpha value is -1.20. The van der Waals surface area contributed by atoms with Crippen LogP contribution in [-0.4, -0.2) is 107 Å². The number of ether oxygens (including phenoxy) is 2. The van der Waals surface area contributed by atoms with Crippen molar-refractivity contribution in [2.45, 2.75) is 204 Å². The van der Waals surface area contributed by atoms with Gasteiger partial charge in [-0.3, -0.25) is 9.35 Å². The summed E-state index contributed by atoms with van der Waals surface area (Å²) in [5, 5.41) is 54.8. The first kappa shape index (κ1) is 47.8. The Morgan fingerprint density at radius 1 is 0.784 bits per heavy atom. The van der Waals surface area contributed by atoms with Gasteiger partial charge in [0.1, 0.15) is 30.5 Å². The van der Waals surface area contributed by atoms with Crippen LogP contribution in [-0.2, 0) is 28.9 Å². The van der Waals surface area contributed by atoms with E-state index in [0.717, 1.165) is 38.5 Å². The van der Waals surface area contributed by atoms with Crippen molar-refractivity contribution < 1.29 is 57.0 Å². The van der Waals surface area contributed by atoms with Gasteiger partial charge in [-0.25, -0.2) is 4.18 Å². The van der Waals surface area contributed by atoms with Gasteiger partial charge in [-0.1, -0.05) is 148 Å². The van der Waals surface area contributed by atoms with Crippen molar-refractivity contribution in [3.63, 3.8) is 0 Å². The highest BCUT2D eigenvalue weighted by molar-refractivity contribution is 7.80. The predicted octanol–water partition coefficient (Wildman–Crippen LogP) is 5.01. The Kier molecular flexibility index (Phi) is 27.4. The lowest BCUT2D eigenvalue weighted by Gasteiger charge is -2.41.